The van der Waals surface area contributed by atoms with Crippen molar-refractivity contribution >= 4 is 39.4 Å². The topological polar surface area (TPSA) is 64.8 Å². The Morgan fingerprint density at radius 1 is 1.10 bits per heavy atom. The number of methoxy groups -OCH3 is 1. The van der Waals surface area contributed by atoms with Gasteiger partial charge in [-0.2, -0.15) is 0 Å². The van der Waals surface area contributed by atoms with Gasteiger partial charge in [0.15, 0.2) is 6.54 Å². The molecule has 1 aliphatic rings. The molecule has 0 bridgehead atoms. The first-order valence-corrected chi connectivity index (χ1v) is 10.3. The fourth-order valence-corrected chi connectivity index (χ4v) is 4.51. The quantitative estimate of drug-likeness (QED) is 0.652. The van der Waals surface area contributed by atoms with Crippen LogP contribution in [0, 0.1) is 5.92 Å². The SMILES string of the molecule is CCn1c2ccccc2c2cc(NC(=O)C[NH+]3CCC(C(=O)OC)CC3)ccc21. The fraction of sp³-hybridized carbons (Fsp3) is 0.391. The number of aryl methyl sites for hydroxylation is 1. The van der Waals surface area contributed by atoms with Crippen LogP contribution in [-0.2, 0) is 20.9 Å². The number of piperidine rings is 1. The lowest BCUT2D eigenvalue weighted by Crippen LogP contribution is -3.14. The Morgan fingerprint density at radius 2 is 1.83 bits per heavy atom. The molecule has 1 aliphatic heterocycles. The van der Waals surface area contributed by atoms with Crippen molar-refractivity contribution in [2.75, 3.05) is 32.1 Å². The fourth-order valence-electron chi connectivity index (χ4n) is 4.51. The van der Waals surface area contributed by atoms with Crippen molar-refractivity contribution in [3.63, 3.8) is 0 Å². The van der Waals surface area contributed by atoms with Gasteiger partial charge in [-0.25, -0.2) is 0 Å². The summed E-state index contributed by atoms with van der Waals surface area (Å²) in [5, 5.41) is 5.42. The molecule has 0 aliphatic carbocycles. The molecule has 1 saturated heterocycles. The number of hydrogen-bond donors (Lipinski definition) is 2. The van der Waals surface area contributed by atoms with Gasteiger partial charge < -0.3 is 19.5 Å². The Morgan fingerprint density at radius 3 is 2.55 bits per heavy atom. The van der Waals surface area contributed by atoms with Crippen LogP contribution in [0.1, 0.15) is 19.8 Å². The standard InChI is InChI=1S/C23H27N3O3/c1-3-26-20-7-5-4-6-18(20)19-14-17(8-9-21(19)26)24-22(27)15-25-12-10-16(11-13-25)23(28)29-2/h4-9,14,16H,3,10-13,15H2,1-2H3,(H,24,27)/p+1. The number of hydrogen-bond acceptors (Lipinski definition) is 3. The van der Waals surface area contributed by atoms with E-state index in [1.807, 2.05) is 12.1 Å². The van der Waals surface area contributed by atoms with Crippen molar-refractivity contribution in [3.05, 3.63) is 42.5 Å². The Hall–Kier alpha value is -2.86. The molecule has 1 amide bonds. The van der Waals surface area contributed by atoms with Gasteiger partial charge >= 0.3 is 5.97 Å². The van der Waals surface area contributed by atoms with E-state index in [2.05, 4.69) is 47.1 Å². The van der Waals surface area contributed by atoms with Crippen molar-refractivity contribution in [2.45, 2.75) is 26.3 Å². The molecule has 152 valence electrons. The predicted molar refractivity (Wildman–Crippen MR) is 114 cm³/mol. The molecule has 3 aromatic rings. The average molecular weight is 394 g/mol. The minimum Gasteiger partial charge on any atom is -0.469 e. The van der Waals surface area contributed by atoms with Crippen LogP contribution >= 0.6 is 0 Å². The first-order valence-electron chi connectivity index (χ1n) is 10.3. The third-order valence-corrected chi connectivity index (χ3v) is 6.01. The van der Waals surface area contributed by atoms with Crippen molar-refractivity contribution in [2.24, 2.45) is 5.92 Å². The number of benzene rings is 2. The Labute approximate surface area is 170 Å². The third-order valence-electron chi connectivity index (χ3n) is 6.01. The molecule has 0 unspecified atom stereocenters. The van der Waals surface area contributed by atoms with Gasteiger partial charge in [-0.05, 0) is 31.2 Å². The Kier molecular flexibility index (Phi) is 5.53. The summed E-state index contributed by atoms with van der Waals surface area (Å²) in [6, 6.07) is 14.5. The highest BCUT2D eigenvalue weighted by molar-refractivity contribution is 6.09. The minimum absolute atomic E-state index is 0.00935. The van der Waals surface area contributed by atoms with E-state index >= 15 is 0 Å². The van der Waals surface area contributed by atoms with Crippen LogP contribution < -0.4 is 10.2 Å². The van der Waals surface area contributed by atoms with E-state index in [0.29, 0.717) is 6.54 Å². The monoisotopic (exact) mass is 394 g/mol. The zero-order valence-corrected chi connectivity index (χ0v) is 17.0. The highest BCUT2D eigenvalue weighted by Crippen LogP contribution is 2.30. The summed E-state index contributed by atoms with van der Waals surface area (Å²) >= 11 is 0. The van der Waals surface area contributed by atoms with E-state index in [4.69, 9.17) is 4.74 Å². The van der Waals surface area contributed by atoms with Gasteiger partial charge in [-0.1, -0.05) is 18.2 Å². The van der Waals surface area contributed by atoms with Gasteiger partial charge in [0.05, 0.1) is 26.1 Å². The smallest absolute Gasteiger partial charge is 0.309 e. The van der Waals surface area contributed by atoms with E-state index in [0.717, 1.165) is 43.5 Å². The van der Waals surface area contributed by atoms with Gasteiger partial charge in [0.1, 0.15) is 0 Å². The number of esters is 1. The van der Waals surface area contributed by atoms with Crippen LogP contribution in [-0.4, -0.2) is 43.2 Å². The number of para-hydroxylation sites is 1. The van der Waals surface area contributed by atoms with E-state index < -0.39 is 0 Å². The maximum atomic E-state index is 12.6. The van der Waals surface area contributed by atoms with Crippen molar-refractivity contribution < 1.29 is 19.2 Å². The molecule has 4 rings (SSSR count). The molecular formula is C23H28N3O3+. The zero-order chi connectivity index (χ0) is 20.4. The largest absolute Gasteiger partial charge is 0.469 e. The van der Waals surface area contributed by atoms with Crippen LogP contribution in [0.15, 0.2) is 42.5 Å². The summed E-state index contributed by atoms with van der Waals surface area (Å²) in [4.78, 5) is 25.4. The van der Waals surface area contributed by atoms with Crippen LogP contribution in [0.3, 0.4) is 0 Å². The molecule has 0 radical (unpaired) electrons. The number of ether oxygens (including phenoxy) is 1. The first kappa shape index (κ1) is 19.5. The molecular weight excluding hydrogens is 366 g/mol. The second-order valence-corrected chi connectivity index (χ2v) is 7.77. The second kappa shape index (κ2) is 8.25. The van der Waals surface area contributed by atoms with Crippen LogP contribution in [0.4, 0.5) is 5.69 Å². The average Bonchev–Trinajstić information content (AvgIpc) is 3.06. The first-order chi connectivity index (χ1) is 14.1. The molecule has 1 aromatic heterocycles. The number of anilines is 1. The summed E-state index contributed by atoms with van der Waals surface area (Å²) in [7, 11) is 1.43. The number of carbonyl (C=O) groups excluding carboxylic acids is 2. The minimum atomic E-state index is -0.131. The number of carbonyl (C=O) groups is 2. The number of nitrogens with zero attached hydrogens (tertiary/aromatic N) is 1. The molecule has 1 fully saturated rings. The number of likely N-dealkylation sites (tertiary alicyclic amines) is 1. The number of rotatable bonds is 5. The van der Waals surface area contributed by atoms with Gasteiger partial charge in [0.2, 0.25) is 0 Å². The Balaban J connectivity index is 1.45. The molecule has 0 spiro atoms. The highest BCUT2D eigenvalue weighted by Gasteiger charge is 2.29. The number of amides is 1. The van der Waals surface area contributed by atoms with E-state index in [1.54, 1.807) is 0 Å². The van der Waals surface area contributed by atoms with Crippen molar-refractivity contribution in [1.29, 1.82) is 0 Å². The number of aromatic nitrogens is 1. The lowest BCUT2D eigenvalue weighted by atomic mass is 9.97. The summed E-state index contributed by atoms with van der Waals surface area (Å²) in [6.07, 6.45) is 1.55. The summed E-state index contributed by atoms with van der Waals surface area (Å²) in [5.74, 6) is -0.145. The second-order valence-electron chi connectivity index (χ2n) is 7.77. The van der Waals surface area contributed by atoms with Gasteiger partial charge in [-0.3, -0.25) is 9.59 Å². The summed E-state index contributed by atoms with van der Waals surface area (Å²) in [6.45, 7) is 5.10. The molecule has 2 aromatic carbocycles. The van der Waals surface area contributed by atoms with Crippen molar-refractivity contribution in [1.82, 2.24) is 4.57 Å². The summed E-state index contributed by atoms with van der Waals surface area (Å²) < 4.78 is 7.13. The normalized spacial score (nSPS) is 19.4. The van der Waals surface area contributed by atoms with Gasteiger partial charge in [-0.15, -0.1) is 0 Å². The molecule has 6 heteroatoms. The molecule has 2 N–H and O–H groups in total. The highest BCUT2D eigenvalue weighted by atomic mass is 16.5. The van der Waals surface area contributed by atoms with E-state index in [9.17, 15) is 9.59 Å². The maximum Gasteiger partial charge on any atom is 0.309 e. The molecule has 2 heterocycles. The van der Waals surface area contributed by atoms with E-state index in [1.165, 1.54) is 28.4 Å². The summed E-state index contributed by atoms with van der Waals surface area (Å²) in [5.41, 5.74) is 3.22. The van der Waals surface area contributed by atoms with Crippen LogP contribution in [0.5, 0.6) is 0 Å². The molecule has 0 atom stereocenters. The lowest BCUT2D eigenvalue weighted by Gasteiger charge is -2.27. The molecule has 29 heavy (non-hydrogen) atoms. The zero-order valence-electron chi connectivity index (χ0n) is 17.0. The van der Waals surface area contributed by atoms with Crippen LogP contribution in [0.25, 0.3) is 21.8 Å². The van der Waals surface area contributed by atoms with E-state index in [-0.39, 0.29) is 17.8 Å². The van der Waals surface area contributed by atoms with Gasteiger partial charge in [0.25, 0.3) is 5.91 Å². The number of quaternary nitrogens is 1. The van der Waals surface area contributed by atoms with Crippen molar-refractivity contribution in [3.8, 4) is 0 Å². The lowest BCUT2D eigenvalue weighted by molar-refractivity contribution is -0.897. The Bertz CT molecular complexity index is 1050. The van der Waals surface area contributed by atoms with Crippen LogP contribution in [0.2, 0.25) is 0 Å². The predicted octanol–water partition coefficient (Wildman–Crippen LogP) is 2.22. The number of fused-ring (bicyclic) bond motifs is 3. The molecule has 0 saturated carbocycles. The third kappa shape index (κ3) is 3.85. The number of nitrogens with one attached hydrogen (secondary N) is 2. The van der Waals surface area contributed by atoms with Gasteiger partial charge in [0, 0.05) is 46.9 Å². The molecule has 6 nitrogen and oxygen atoms in total. The maximum absolute atomic E-state index is 12.6.